The third-order valence-corrected chi connectivity index (χ3v) is 11.6. The summed E-state index contributed by atoms with van der Waals surface area (Å²) in [6.45, 7) is 6.72. The quantitative estimate of drug-likeness (QED) is 0.665. The second kappa shape index (κ2) is 5.46. The van der Waals surface area contributed by atoms with Crippen molar-refractivity contribution in [2.45, 2.75) is 82.3 Å². The molecule has 6 rings (SSSR count). The fourth-order valence-electron chi connectivity index (χ4n) is 8.79. The van der Waals surface area contributed by atoms with Gasteiger partial charge < -0.3 is 15.1 Å². The van der Waals surface area contributed by atoms with Crippen LogP contribution >= 0.6 is 11.8 Å². The summed E-state index contributed by atoms with van der Waals surface area (Å²) in [6, 6.07) is 0. The van der Waals surface area contributed by atoms with Crippen LogP contribution in [0.3, 0.4) is 0 Å². The molecule has 0 aromatic carbocycles. The van der Waals surface area contributed by atoms with E-state index in [1.54, 1.807) is 0 Å². The number of rotatable bonds is 0. The maximum absolute atomic E-state index is 12.1. The smallest absolute Gasteiger partial charge is 0.162 e. The molecule has 0 spiro atoms. The average Bonchev–Trinajstić information content (AvgIpc) is 3.26. The second-order valence-corrected chi connectivity index (χ2v) is 12.1. The molecule has 2 heterocycles. The number of hydrogen-bond acceptors (Lipinski definition) is 5. The summed E-state index contributed by atoms with van der Waals surface area (Å²) in [6.07, 6.45) is 9.34. The second-order valence-electron chi connectivity index (χ2n) is 10.9. The SMILES string of the molecule is C[C@]12CC[C@H](O)C[C@@H]1CC[C@H]1[C@H]3C[C@H]4SC5=NCCN5[C@@]4(O)[C@@]3(C)CC[C@@H]12. The fourth-order valence-corrected chi connectivity index (χ4v) is 10.4. The van der Waals surface area contributed by atoms with E-state index in [1.165, 1.54) is 25.7 Å². The van der Waals surface area contributed by atoms with Gasteiger partial charge in [0.15, 0.2) is 10.9 Å². The Kier molecular flexibility index (Phi) is 3.55. The molecule has 0 radical (unpaired) electrons. The highest BCUT2D eigenvalue weighted by atomic mass is 32.2. The Morgan fingerprint density at radius 2 is 1.93 bits per heavy atom. The van der Waals surface area contributed by atoms with Gasteiger partial charge in [0.2, 0.25) is 0 Å². The van der Waals surface area contributed by atoms with Gasteiger partial charge in [0.25, 0.3) is 0 Å². The van der Waals surface area contributed by atoms with Gasteiger partial charge in [0.05, 0.1) is 17.9 Å². The van der Waals surface area contributed by atoms with E-state index in [2.05, 4.69) is 23.7 Å². The maximum Gasteiger partial charge on any atom is 0.162 e. The van der Waals surface area contributed by atoms with Crippen molar-refractivity contribution >= 4 is 16.9 Å². The van der Waals surface area contributed by atoms with E-state index < -0.39 is 5.72 Å². The van der Waals surface area contributed by atoms with Crippen LogP contribution in [0.15, 0.2) is 4.99 Å². The Morgan fingerprint density at radius 3 is 2.78 bits per heavy atom. The highest BCUT2D eigenvalue weighted by molar-refractivity contribution is 8.14. The van der Waals surface area contributed by atoms with Crippen LogP contribution in [0.25, 0.3) is 0 Å². The molecule has 6 aliphatic rings. The van der Waals surface area contributed by atoms with Gasteiger partial charge in [-0.05, 0) is 80.5 Å². The van der Waals surface area contributed by atoms with Crippen molar-refractivity contribution in [3.8, 4) is 0 Å². The van der Waals surface area contributed by atoms with Crippen molar-refractivity contribution in [1.82, 2.24) is 4.90 Å². The Morgan fingerprint density at radius 1 is 1.07 bits per heavy atom. The molecule has 4 nitrogen and oxygen atoms in total. The molecule has 1 saturated heterocycles. The first-order chi connectivity index (χ1) is 12.9. The van der Waals surface area contributed by atoms with Gasteiger partial charge in [-0.25, -0.2) is 0 Å². The minimum Gasteiger partial charge on any atom is -0.393 e. The average molecular weight is 391 g/mol. The Hall–Kier alpha value is -0.260. The molecule has 0 unspecified atom stereocenters. The highest BCUT2D eigenvalue weighted by Gasteiger charge is 2.73. The van der Waals surface area contributed by atoms with Gasteiger partial charge in [-0.3, -0.25) is 4.99 Å². The van der Waals surface area contributed by atoms with Crippen LogP contribution in [0, 0.1) is 34.5 Å². The minimum atomic E-state index is -0.677. The Bertz CT molecular complexity index is 700. The molecule has 0 amide bonds. The summed E-state index contributed by atoms with van der Waals surface area (Å²) in [7, 11) is 0. The lowest BCUT2D eigenvalue weighted by Gasteiger charge is -2.62. The van der Waals surface area contributed by atoms with Gasteiger partial charge in [0, 0.05) is 12.0 Å². The number of aliphatic imine (C=N–C) groups is 1. The number of aliphatic hydroxyl groups is 2. The standard InChI is InChI=1S/C22H34N2O2S/c1-20-7-5-14(25)11-13(20)3-4-15-16(20)6-8-21(2)17(15)12-18-22(21,26)24-10-9-23-19(24)27-18/h13-18,25-26H,3-12H2,1-2H3/t13-,14-,15+,16-,17+,18+,20-,21-,22-/m0/s1. The van der Waals surface area contributed by atoms with Crippen LogP contribution in [-0.2, 0) is 0 Å². The lowest BCUT2D eigenvalue weighted by Crippen LogP contribution is -2.62. The summed E-state index contributed by atoms with van der Waals surface area (Å²) in [5.41, 5.74) is -0.259. The normalized spacial score (nSPS) is 58.8. The zero-order chi connectivity index (χ0) is 18.6. The first-order valence-corrected chi connectivity index (χ1v) is 12.1. The van der Waals surface area contributed by atoms with Crippen molar-refractivity contribution in [2.24, 2.45) is 39.5 Å². The van der Waals surface area contributed by atoms with E-state index in [1.807, 2.05) is 11.8 Å². The van der Waals surface area contributed by atoms with E-state index in [9.17, 15) is 10.2 Å². The number of nitrogens with zero attached hydrogens (tertiary/aromatic N) is 2. The van der Waals surface area contributed by atoms with Gasteiger partial charge in [-0.1, -0.05) is 25.6 Å². The van der Waals surface area contributed by atoms with Crippen molar-refractivity contribution in [3.05, 3.63) is 0 Å². The number of fused-ring (bicyclic) bond motifs is 9. The van der Waals surface area contributed by atoms with Crippen LogP contribution in [0.2, 0.25) is 0 Å². The molecular formula is C22H34N2O2S. The summed E-state index contributed by atoms with van der Waals surface area (Å²) in [4.78, 5) is 6.95. The first kappa shape index (κ1) is 17.6. The van der Waals surface area contributed by atoms with Crippen LogP contribution in [0.1, 0.15) is 65.2 Å². The van der Waals surface area contributed by atoms with Gasteiger partial charge >= 0.3 is 0 Å². The largest absolute Gasteiger partial charge is 0.393 e. The summed E-state index contributed by atoms with van der Waals surface area (Å²) < 4.78 is 0. The van der Waals surface area contributed by atoms with Gasteiger partial charge in [-0.15, -0.1) is 0 Å². The third kappa shape index (κ3) is 1.97. The van der Waals surface area contributed by atoms with Gasteiger partial charge in [-0.2, -0.15) is 0 Å². The van der Waals surface area contributed by atoms with Crippen LogP contribution < -0.4 is 0 Å². The molecule has 5 heteroatoms. The van der Waals surface area contributed by atoms with Crippen LogP contribution in [-0.4, -0.2) is 50.4 Å². The van der Waals surface area contributed by atoms with Gasteiger partial charge in [0.1, 0.15) is 0 Å². The lowest BCUT2D eigenvalue weighted by molar-refractivity contribution is -0.191. The van der Waals surface area contributed by atoms with Crippen LogP contribution in [0.5, 0.6) is 0 Å². The Labute approximate surface area is 167 Å². The summed E-state index contributed by atoms with van der Waals surface area (Å²) >= 11 is 1.87. The Balaban J connectivity index is 1.35. The van der Waals surface area contributed by atoms with Crippen LogP contribution in [0.4, 0.5) is 0 Å². The van der Waals surface area contributed by atoms with E-state index in [-0.39, 0.29) is 11.5 Å². The van der Waals surface area contributed by atoms with E-state index in [4.69, 9.17) is 0 Å². The first-order valence-electron chi connectivity index (χ1n) is 11.3. The van der Waals surface area contributed by atoms with E-state index in [0.29, 0.717) is 22.5 Å². The molecule has 2 aliphatic heterocycles. The zero-order valence-electron chi connectivity index (χ0n) is 16.7. The predicted octanol–water partition coefficient (Wildman–Crippen LogP) is 3.48. The molecule has 150 valence electrons. The molecule has 4 saturated carbocycles. The molecule has 27 heavy (non-hydrogen) atoms. The highest BCUT2D eigenvalue weighted by Crippen LogP contribution is 2.71. The molecule has 4 aliphatic carbocycles. The zero-order valence-corrected chi connectivity index (χ0v) is 17.5. The minimum absolute atomic E-state index is 0.00478. The van der Waals surface area contributed by atoms with Crippen molar-refractivity contribution in [1.29, 1.82) is 0 Å². The lowest BCUT2D eigenvalue weighted by atomic mass is 9.44. The fraction of sp³-hybridized carbons (Fsp3) is 0.955. The third-order valence-electron chi connectivity index (χ3n) is 10.2. The molecule has 0 bridgehead atoms. The topological polar surface area (TPSA) is 56.1 Å². The molecule has 2 N–H and O–H groups in total. The molecule has 0 aromatic rings. The number of thioether (sulfide) groups is 1. The predicted molar refractivity (Wildman–Crippen MR) is 108 cm³/mol. The van der Waals surface area contributed by atoms with E-state index in [0.717, 1.165) is 55.8 Å². The summed E-state index contributed by atoms with van der Waals surface area (Å²) in [5.74, 6) is 2.91. The maximum atomic E-state index is 12.1. The van der Waals surface area contributed by atoms with Crippen molar-refractivity contribution < 1.29 is 10.2 Å². The number of aliphatic hydroxyl groups excluding tert-OH is 1. The monoisotopic (exact) mass is 390 g/mol. The summed E-state index contributed by atoms with van der Waals surface area (Å²) in [5, 5.41) is 23.7. The molecular weight excluding hydrogens is 356 g/mol. The number of amidine groups is 1. The molecule has 0 aromatic heterocycles. The number of hydrogen-bond donors (Lipinski definition) is 2. The molecule has 5 fully saturated rings. The van der Waals surface area contributed by atoms with E-state index >= 15 is 0 Å². The van der Waals surface area contributed by atoms with Crippen molar-refractivity contribution in [2.75, 3.05) is 13.1 Å². The molecule has 9 atom stereocenters. The van der Waals surface area contributed by atoms with Crippen molar-refractivity contribution in [3.63, 3.8) is 0 Å².